The molecule has 164 valence electrons. The second-order valence-corrected chi connectivity index (χ2v) is 13.0. The SMILES string of the molecule is CC(C)(C)C(=O)NC1CC(C)(C)[C@H]2[C@@H]3CCC4NC(=O)CC[C@]4(C)[C@@H]3CC[C@]12C. The van der Waals surface area contributed by atoms with Crippen molar-refractivity contribution < 1.29 is 9.59 Å². The van der Waals surface area contributed by atoms with Crippen LogP contribution < -0.4 is 10.6 Å². The summed E-state index contributed by atoms with van der Waals surface area (Å²) in [6.45, 7) is 15.8. The van der Waals surface area contributed by atoms with Gasteiger partial charge in [0, 0.05) is 23.9 Å². The monoisotopic (exact) mass is 402 g/mol. The highest BCUT2D eigenvalue weighted by molar-refractivity contribution is 5.81. The van der Waals surface area contributed by atoms with Gasteiger partial charge in [-0.05, 0) is 72.5 Å². The Morgan fingerprint density at radius 1 is 1.03 bits per heavy atom. The minimum atomic E-state index is -0.346. The molecule has 2 amide bonds. The molecule has 4 rings (SSSR count). The van der Waals surface area contributed by atoms with E-state index >= 15 is 0 Å². The molecule has 1 saturated heterocycles. The summed E-state index contributed by atoms with van der Waals surface area (Å²) in [4.78, 5) is 24.9. The largest absolute Gasteiger partial charge is 0.353 e. The minimum absolute atomic E-state index is 0.173. The highest BCUT2D eigenvalue weighted by Crippen LogP contribution is 2.68. The van der Waals surface area contributed by atoms with Gasteiger partial charge in [-0.3, -0.25) is 9.59 Å². The summed E-state index contributed by atoms with van der Waals surface area (Å²) in [5, 5.41) is 6.82. The standard InChI is InChI=1S/C25H42N2O2/c1-22(2,3)21(29)27-18-14-23(4,5)20-15-8-9-17-24(6,13-11-19(28)26-17)16(15)10-12-25(18,20)7/h15-18,20H,8-14H2,1-7H3,(H,26,28)(H,27,29)/t15-,16-,17?,18?,20-,24-,25-/m1/s1. The van der Waals surface area contributed by atoms with Gasteiger partial charge >= 0.3 is 0 Å². The number of fused-ring (bicyclic) bond motifs is 5. The molecule has 1 aliphatic heterocycles. The molecular weight excluding hydrogens is 360 g/mol. The van der Waals surface area contributed by atoms with E-state index in [4.69, 9.17) is 0 Å². The molecule has 0 aromatic carbocycles. The van der Waals surface area contributed by atoms with Crippen molar-refractivity contribution >= 4 is 11.8 Å². The Kier molecular flexibility index (Phi) is 4.72. The molecule has 0 aromatic rings. The van der Waals surface area contributed by atoms with Gasteiger partial charge in [-0.2, -0.15) is 0 Å². The number of piperidine rings is 1. The Morgan fingerprint density at radius 3 is 2.38 bits per heavy atom. The zero-order valence-electron chi connectivity index (χ0n) is 19.7. The lowest BCUT2D eigenvalue weighted by Gasteiger charge is -2.61. The molecule has 3 saturated carbocycles. The van der Waals surface area contributed by atoms with E-state index in [-0.39, 0.29) is 39.5 Å². The Balaban J connectivity index is 1.63. The number of carbonyl (C=O) groups excluding carboxylic acids is 2. The third kappa shape index (κ3) is 3.15. The van der Waals surface area contributed by atoms with Crippen LogP contribution in [-0.2, 0) is 9.59 Å². The number of rotatable bonds is 1. The fraction of sp³-hybridized carbons (Fsp3) is 0.920. The first-order chi connectivity index (χ1) is 13.3. The molecule has 4 aliphatic rings. The predicted octanol–water partition coefficient (Wildman–Crippen LogP) is 4.67. The lowest BCUT2D eigenvalue weighted by atomic mass is 9.45. The van der Waals surface area contributed by atoms with Crippen LogP contribution in [0.3, 0.4) is 0 Å². The van der Waals surface area contributed by atoms with Crippen LogP contribution in [0.2, 0.25) is 0 Å². The average Bonchev–Trinajstić information content (AvgIpc) is 2.80. The molecule has 0 spiro atoms. The summed E-state index contributed by atoms with van der Waals surface area (Å²) >= 11 is 0. The molecule has 4 nitrogen and oxygen atoms in total. The van der Waals surface area contributed by atoms with Crippen LogP contribution in [0.4, 0.5) is 0 Å². The molecule has 7 atom stereocenters. The van der Waals surface area contributed by atoms with E-state index in [1.165, 1.54) is 19.3 Å². The molecule has 0 bridgehead atoms. The second-order valence-electron chi connectivity index (χ2n) is 13.0. The van der Waals surface area contributed by atoms with Crippen LogP contribution >= 0.6 is 0 Å². The first kappa shape index (κ1) is 21.2. The molecule has 2 unspecified atom stereocenters. The van der Waals surface area contributed by atoms with Crippen molar-refractivity contribution in [1.82, 2.24) is 10.6 Å². The maximum absolute atomic E-state index is 12.8. The second kappa shape index (κ2) is 6.47. The Hall–Kier alpha value is -1.06. The quantitative estimate of drug-likeness (QED) is 0.669. The molecule has 4 fully saturated rings. The molecule has 3 aliphatic carbocycles. The van der Waals surface area contributed by atoms with Gasteiger partial charge in [0.2, 0.25) is 11.8 Å². The minimum Gasteiger partial charge on any atom is -0.353 e. The number of amides is 2. The number of carbonyl (C=O) groups is 2. The first-order valence-corrected chi connectivity index (χ1v) is 11.9. The number of hydrogen-bond donors (Lipinski definition) is 2. The van der Waals surface area contributed by atoms with Crippen LogP contribution in [-0.4, -0.2) is 23.9 Å². The van der Waals surface area contributed by atoms with Crippen molar-refractivity contribution in [3.8, 4) is 0 Å². The van der Waals surface area contributed by atoms with E-state index in [0.29, 0.717) is 30.2 Å². The molecule has 29 heavy (non-hydrogen) atoms. The van der Waals surface area contributed by atoms with Crippen LogP contribution in [0.15, 0.2) is 0 Å². The first-order valence-electron chi connectivity index (χ1n) is 11.9. The van der Waals surface area contributed by atoms with Gasteiger partial charge in [-0.1, -0.05) is 48.5 Å². The molecule has 4 heteroatoms. The molecule has 1 heterocycles. The van der Waals surface area contributed by atoms with E-state index in [1.54, 1.807) is 0 Å². The van der Waals surface area contributed by atoms with E-state index in [9.17, 15) is 9.59 Å². The summed E-state index contributed by atoms with van der Waals surface area (Å²) in [7, 11) is 0. The normalized spacial score (nSPS) is 46.2. The zero-order valence-corrected chi connectivity index (χ0v) is 19.7. The van der Waals surface area contributed by atoms with Crippen molar-refractivity contribution in [2.75, 3.05) is 0 Å². The van der Waals surface area contributed by atoms with E-state index < -0.39 is 0 Å². The van der Waals surface area contributed by atoms with Crippen molar-refractivity contribution in [2.45, 2.75) is 105 Å². The molecule has 0 radical (unpaired) electrons. The molecule has 0 aromatic heterocycles. The Labute approximate surface area is 177 Å². The van der Waals surface area contributed by atoms with Gasteiger partial charge in [-0.25, -0.2) is 0 Å². The van der Waals surface area contributed by atoms with Gasteiger partial charge in [0.15, 0.2) is 0 Å². The summed E-state index contributed by atoms with van der Waals surface area (Å²) in [6, 6.07) is 0.627. The fourth-order valence-corrected chi connectivity index (χ4v) is 8.28. The van der Waals surface area contributed by atoms with Crippen LogP contribution in [0.1, 0.15) is 93.4 Å². The maximum atomic E-state index is 12.8. The number of nitrogens with one attached hydrogen (secondary N) is 2. The Morgan fingerprint density at radius 2 is 1.72 bits per heavy atom. The van der Waals surface area contributed by atoms with Gasteiger partial charge in [0.1, 0.15) is 0 Å². The third-order valence-electron chi connectivity index (χ3n) is 9.66. The van der Waals surface area contributed by atoms with E-state index in [0.717, 1.165) is 19.3 Å². The molecule has 2 N–H and O–H groups in total. The van der Waals surface area contributed by atoms with Crippen molar-refractivity contribution in [3.05, 3.63) is 0 Å². The van der Waals surface area contributed by atoms with Gasteiger partial charge in [0.05, 0.1) is 0 Å². The van der Waals surface area contributed by atoms with E-state index in [1.807, 2.05) is 20.8 Å². The van der Waals surface area contributed by atoms with Crippen LogP contribution in [0.25, 0.3) is 0 Å². The van der Waals surface area contributed by atoms with Gasteiger partial charge in [-0.15, -0.1) is 0 Å². The maximum Gasteiger partial charge on any atom is 0.225 e. The summed E-state index contributed by atoms with van der Waals surface area (Å²) in [5.41, 5.74) is 0.296. The van der Waals surface area contributed by atoms with Gasteiger partial charge in [0.25, 0.3) is 0 Å². The fourth-order valence-electron chi connectivity index (χ4n) is 8.28. The summed E-state index contributed by atoms with van der Waals surface area (Å²) in [5.74, 6) is 2.47. The highest BCUT2D eigenvalue weighted by Gasteiger charge is 2.65. The van der Waals surface area contributed by atoms with Crippen molar-refractivity contribution in [1.29, 1.82) is 0 Å². The Bertz CT molecular complexity index is 708. The lowest BCUT2D eigenvalue weighted by molar-refractivity contribution is -0.141. The topological polar surface area (TPSA) is 58.2 Å². The highest BCUT2D eigenvalue weighted by atomic mass is 16.2. The van der Waals surface area contributed by atoms with Gasteiger partial charge < -0.3 is 10.6 Å². The van der Waals surface area contributed by atoms with Crippen LogP contribution in [0, 0.1) is 39.4 Å². The average molecular weight is 403 g/mol. The zero-order chi connectivity index (χ0) is 21.4. The third-order valence-corrected chi connectivity index (χ3v) is 9.66. The number of hydrogen-bond acceptors (Lipinski definition) is 2. The molecular formula is C25H42N2O2. The van der Waals surface area contributed by atoms with E-state index in [2.05, 4.69) is 38.3 Å². The predicted molar refractivity (Wildman–Crippen MR) is 116 cm³/mol. The van der Waals surface area contributed by atoms with Crippen LogP contribution in [0.5, 0.6) is 0 Å². The van der Waals surface area contributed by atoms with Crippen molar-refractivity contribution in [3.63, 3.8) is 0 Å². The summed E-state index contributed by atoms with van der Waals surface area (Å²) in [6.07, 6.45) is 7.56. The smallest absolute Gasteiger partial charge is 0.225 e. The summed E-state index contributed by atoms with van der Waals surface area (Å²) < 4.78 is 0. The van der Waals surface area contributed by atoms with Crippen molar-refractivity contribution in [2.24, 2.45) is 39.4 Å². The lowest BCUT2D eigenvalue weighted by Crippen LogP contribution is -2.62.